The Balaban J connectivity index is 0.00000136. The van der Waals surface area contributed by atoms with Gasteiger partial charge in [-0.05, 0) is 36.1 Å². The van der Waals surface area contributed by atoms with E-state index in [1.807, 2.05) is 56.3 Å². The van der Waals surface area contributed by atoms with Gasteiger partial charge in [-0.25, -0.2) is 4.79 Å². The minimum absolute atomic E-state index is 0.0659. The maximum atomic E-state index is 12.2. The summed E-state index contributed by atoms with van der Waals surface area (Å²) < 4.78 is 0. The topological polar surface area (TPSA) is 78.4 Å². The van der Waals surface area contributed by atoms with E-state index in [0.29, 0.717) is 24.4 Å². The van der Waals surface area contributed by atoms with Gasteiger partial charge in [0.05, 0.1) is 0 Å². The Morgan fingerprint density at radius 2 is 1.86 bits per heavy atom. The number of carboxylic acids is 1. The van der Waals surface area contributed by atoms with E-state index in [-0.39, 0.29) is 18.2 Å². The zero-order chi connectivity index (χ0) is 20.5. The average molecular weight is 403 g/mol. The molecular weight excluding hydrogens is 376 g/mol. The Labute approximate surface area is 171 Å². The van der Waals surface area contributed by atoms with Gasteiger partial charge in [-0.1, -0.05) is 61.8 Å². The van der Waals surface area contributed by atoms with Crippen molar-refractivity contribution in [3.05, 3.63) is 64.7 Å². The van der Waals surface area contributed by atoms with Crippen molar-refractivity contribution in [2.75, 3.05) is 11.9 Å². The number of carboxylic acid groups (broad SMARTS) is 1. The first-order valence-corrected chi connectivity index (χ1v) is 10.0. The molecule has 2 atom stereocenters. The van der Waals surface area contributed by atoms with Crippen LogP contribution in [0.1, 0.15) is 43.7 Å². The quantitative estimate of drug-likeness (QED) is 0.638. The van der Waals surface area contributed by atoms with Crippen molar-refractivity contribution in [2.45, 2.75) is 45.1 Å². The third kappa shape index (κ3) is 5.73. The molecule has 2 aromatic rings. The zero-order valence-corrected chi connectivity index (χ0v) is 17.0. The molecule has 5 nitrogen and oxygen atoms in total. The van der Waals surface area contributed by atoms with E-state index < -0.39 is 12.0 Å². The number of anilines is 1. The first kappa shape index (κ1) is 21.8. The highest BCUT2D eigenvalue weighted by molar-refractivity contribution is 6.31. The van der Waals surface area contributed by atoms with Crippen LogP contribution in [0.25, 0.3) is 0 Å². The van der Waals surface area contributed by atoms with E-state index in [4.69, 9.17) is 11.6 Å². The lowest BCUT2D eigenvalue weighted by atomic mass is 9.94. The van der Waals surface area contributed by atoms with E-state index in [0.717, 1.165) is 16.8 Å². The number of aryl methyl sites for hydroxylation is 1. The molecule has 0 spiro atoms. The first-order chi connectivity index (χ1) is 13.5. The molecule has 150 valence electrons. The standard InChI is InChI=1S/C20H21ClN2O3.C2H6/c21-16-7-3-1-5-13(16)9-10-19(24)23-18(20(25)26)11-14-12-22-17-8-4-2-6-15(14)17;1-2/h1-8,14,18,22H,9-12H2,(H,23,24)(H,25,26);1-2H3. The Hall–Kier alpha value is -2.53. The van der Waals surface area contributed by atoms with Crippen molar-refractivity contribution in [1.29, 1.82) is 0 Å². The van der Waals surface area contributed by atoms with Gasteiger partial charge in [0.15, 0.2) is 0 Å². The summed E-state index contributed by atoms with van der Waals surface area (Å²) in [5.41, 5.74) is 3.01. The van der Waals surface area contributed by atoms with Crippen molar-refractivity contribution in [1.82, 2.24) is 5.32 Å². The Morgan fingerprint density at radius 3 is 2.57 bits per heavy atom. The van der Waals surface area contributed by atoms with Gasteiger partial charge in [0.25, 0.3) is 0 Å². The average Bonchev–Trinajstić information content (AvgIpc) is 3.11. The molecule has 1 aliphatic rings. The smallest absolute Gasteiger partial charge is 0.326 e. The maximum Gasteiger partial charge on any atom is 0.326 e. The molecule has 0 aliphatic carbocycles. The first-order valence-electron chi connectivity index (χ1n) is 9.63. The predicted octanol–water partition coefficient (Wildman–Crippen LogP) is 4.47. The Morgan fingerprint density at radius 1 is 1.18 bits per heavy atom. The fraction of sp³-hybridized carbons (Fsp3) is 0.364. The lowest BCUT2D eigenvalue weighted by molar-refractivity contribution is -0.142. The van der Waals surface area contributed by atoms with Gasteiger partial charge in [0.1, 0.15) is 6.04 Å². The largest absolute Gasteiger partial charge is 0.480 e. The molecule has 6 heteroatoms. The van der Waals surface area contributed by atoms with E-state index >= 15 is 0 Å². The van der Waals surface area contributed by atoms with Crippen LogP contribution in [0, 0.1) is 0 Å². The molecule has 0 saturated heterocycles. The van der Waals surface area contributed by atoms with Crippen LogP contribution in [0.3, 0.4) is 0 Å². The van der Waals surface area contributed by atoms with E-state index in [9.17, 15) is 14.7 Å². The summed E-state index contributed by atoms with van der Waals surface area (Å²) in [4.78, 5) is 23.8. The molecule has 0 radical (unpaired) electrons. The molecule has 1 aliphatic heterocycles. The van der Waals surface area contributed by atoms with Gasteiger partial charge in [-0.2, -0.15) is 0 Å². The molecule has 0 aromatic heterocycles. The van der Waals surface area contributed by atoms with E-state index in [1.54, 1.807) is 6.07 Å². The third-order valence-electron chi connectivity index (χ3n) is 4.67. The highest BCUT2D eigenvalue weighted by atomic mass is 35.5. The SMILES string of the molecule is CC.O=C(CCc1ccccc1Cl)NC(CC1CNc2ccccc21)C(=O)O. The number of hydrogen-bond acceptors (Lipinski definition) is 3. The number of fused-ring (bicyclic) bond motifs is 1. The molecule has 2 aromatic carbocycles. The van der Waals surface area contributed by atoms with Crippen LogP contribution < -0.4 is 10.6 Å². The van der Waals surface area contributed by atoms with Crippen LogP contribution in [-0.2, 0) is 16.0 Å². The lowest BCUT2D eigenvalue weighted by Crippen LogP contribution is -2.42. The summed E-state index contributed by atoms with van der Waals surface area (Å²) in [5, 5.41) is 16.1. The number of aliphatic carboxylic acids is 1. The summed E-state index contributed by atoms with van der Waals surface area (Å²) in [6, 6.07) is 14.3. The van der Waals surface area contributed by atoms with E-state index in [1.165, 1.54) is 0 Å². The van der Waals surface area contributed by atoms with Gasteiger partial charge in [0.2, 0.25) is 5.91 Å². The van der Waals surface area contributed by atoms with Crippen LogP contribution in [0.2, 0.25) is 5.02 Å². The monoisotopic (exact) mass is 402 g/mol. The van der Waals surface area contributed by atoms with Gasteiger partial charge in [0, 0.05) is 29.6 Å². The minimum Gasteiger partial charge on any atom is -0.480 e. The van der Waals surface area contributed by atoms with Gasteiger partial charge < -0.3 is 15.7 Å². The molecule has 0 bridgehead atoms. The third-order valence-corrected chi connectivity index (χ3v) is 5.04. The Kier molecular flexibility index (Phi) is 8.33. The number of nitrogens with one attached hydrogen (secondary N) is 2. The zero-order valence-electron chi connectivity index (χ0n) is 16.2. The molecule has 28 heavy (non-hydrogen) atoms. The number of hydrogen-bond donors (Lipinski definition) is 3. The number of benzene rings is 2. The summed E-state index contributed by atoms with van der Waals surface area (Å²) in [6.07, 6.45) is 1.04. The summed E-state index contributed by atoms with van der Waals surface area (Å²) >= 11 is 6.09. The van der Waals surface area contributed by atoms with Crippen LogP contribution in [-0.4, -0.2) is 29.6 Å². The second kappa shape index (κ2) is 10.7. The van der Waals surface area contributed by atoms with Crippen molar-refractivity contribution in [3.63, 3.8) is 0 Å². The second-order valence-electron chi connectivity index (χ2n) is 6.45. The van der Waals surface area contributed by atoms with Crippen molar-refractivity contribution < 1.29 is 14.7 Å². The van der Waals surface area contributed by atoms with Crippen LogP contribution in [0.5, 0.6) is 0 Å². The number of carbonyl (C=O) groups excluding carboxylic acids is 1. The predicted molar refractivity (Wildman–Crippen MR) is 113 cm³/mol. The molecule has 0 fully saturated rings. The molecule has 3 rings (SSSR count). The summed E-state index contributed by atoms with van der Waals surface area (Å²) in [6.45, 7) is 4.68. The summed E-state index contributed by atoms with van der Waals surface area (Å²) in [5.74, 6) is -1.23. The molecular formula is C22H27ClN2O3. The minimum atomic E-state index is -1.01. The number of halogens is 1. The molecule has 2 unspecified atom stereocenters. The fourth-order valence-corrected chi connectivity index (χ4v) is 3.52. The molecule has 3 N–H and O–H groups in total. The van der Waals surface area contributed by atoms with Crippen molar-refractivity contribution in [2.24, 2.45) is 0 Å². The van der Waals surface area contributed by atoms with E-state index in [2.05, 4.69) is 10.6 Å². The van der Waals surface area contributed by atoms with Crippen LogP contribution in [0.15, 0.2) is 48.5 Å². The number of para-hydroxylation sites is 1. The molecule has 1 heterocycles. The number of carbonyl (C=O) groups is 2. The number of rotatable bonds is 7. The second-order valence-corrected chi connectivity index (χ2v) is 6.86. The lowest BCUT2D eigenvalue weighted by Gasteiger charge is -2.18. The fourth-order valence-electron chi connectivity index (χ4n) is 3.29. The van der Waals surface area contributed by atoms with Crippen molar-refractivity contribution >= 4 is 29.2 Å². The highest BCUT2D eigenvalue weighted by Gasteiger charge is 2.29. The van der Waals surface area contributed by atoms with Crippen molar-refractivity contribution in [3.8, 4) is 0 Å². The summed E-state index contributed by atoms with van der Waals surface area (Å²) in [7, 11) is 0. The van der Waals surface area contributed by atoms with Crippen LogP contribution >= 0.6 is 11.6 Å². The van der Waals surface area contributed by atoms with Gasteiger partial charge in [-0.15, -0.1) is 0 Å². The highest BCUT2D eigenvalue weighted by Crippen LogP contribution is 2.34. The van der Waals surface area contributed by atoms with Crippen LogP contribution in [0.4, 0.5) is 5.69 Å². The Bertz CT molecular complexity index is 810. The molecule has 0 saturated carbocycles. The number of amides is 1. The molecule has 1 amide bonds. The van der Waals surface area contributed by atoms with Gasteiger partial charge >= 0.3 is 5.97 Å². The normalized spacial score (nSPS) is 15.5. The maximum absolute atomic E-state index is 12.2. The van der Waals surface area contributed by atoms with Gasteiger partial charge in [-0.3, -0.25) is 4.79 Å².